The van der Waals surface area contributed by atoms with Crippen molar-refractivity contribution in [3.05, 3.63) is 0 Å². The number of alkyl carbamates (subject to hydrolysis) is 1. The molecule has 0 aromatic carbocycles. The summed E-state index contributed by atoms with van der Waals surface area (Å²) in [6.45, 7) is 4.75. The van der Waals surface area contributed by atoms with Crippen molar-refractivity contribution in [2.75, 3.05) is 6.54 Å². The fourth-order valence-electron chi connectivity index (χ4n) is 0.459. The largest absolute Gasteiger partial charge is 0.480 e. The highest BCUT2D eigenvalue weighted by Gasteiger charge is 2.15. The quantitative estimate of drug-likeness (QED) is 0.645. The minimum atomic E-state index is -0.842. The smallest absolute Gasteiger partial charge is 0.408 e. The van der Waals surface area contributed by atoms with Gasteiger partial charge in [0.1, 0.15) is 12.1 Å². The van der Waals surface area contributed by atoms with Gasteiger partial charge in [-0.25, -0.2) is 4.79 Å². The number of rotatable bonds is 2. The monoisotopic (exact) mass is 176 g/mol. The van der Waals surface area contributed by atoms with E-state index in [0.29, 0.717) is 0 Å². The van der Waals surface area contributed by atoms with Crippen molar-refractivity contribution in [1.29, 1.82) is 1.43 Å². The number of carbonyl (C=O) groups excluding carboxylic acids is 1. The molecule has 12 heavy (non-hydrogen) atoms. The van der Waals surface area contributed by atoms with Crippen LogP contribution in [0.25, 0.3) is 1.43 Å². The van der Waals surface area contributed by atoms with Crippen LogP contribution in [0.15, 0.2) is 0 Å². The zero-order valence-corrected chi connectivity index (χ0v) is 7.34. The average Bonchev–Trinajstić information content (AvgIpc) is 1.97. The van der Waals surface area contributed by atoms with E-state index in [-0.39, 0.29) is 6.54 Å². The van der Waals surface area contributed by atoms with Crippen LogP contribution in [-0.2, 0) is 9.53 Å². The topological polar surface area (TPSA) is 75.6 Å². The Morgan fingerprint density at radius 3 is 2.58 bits per heavy atom. The second-order valence-electron chi connectivity index (χ2n) is 3.23. The first-order valence-corrected chi connectivity index (χ1v) is 3.48. The molecule has 0 heterocycles. The van der Waals surface area contributed by atoms with E-state index < -0.39 is 17.7 Å². The number of ether oxygens (including phenoxy) is 1. The molecule has 0 unspecified atom stereocenters. The van der Waals surface area contributed by atoms with Gasteiger partial charge in [0.2, 0.25) is 0 Å². The van der Waals surface area contributed by atoms with Crippen LogP contribution in [0.4, 0.5) is 4.79 Å². The maximum Gasteiger partial charge on any atom is 0.408 e. The van der Waals surface area contributed by atoms with Gasteiger partial charge in [0.15, 0.2) is 0 Å². The summed E-state index contributed by atoms with van der Waals surface area (Å²) in [6.07, 6.45) is -0.710. The molecule has 0 bridgehead atoms. The molecule has 0 aromatic heterocycles. The molecular weight excluding hydrogens is 162 g/mol. The highest BCUT2D eigenvalue weighted by molar-refractivity contribution is 5.76. The molecule has 70 valence electrons. The van der Waals surface area contributed by atoms with E-state index in [0.717, 1.165) is 0 Å². The van der Waals surface area contributed by atoms with Crippen molar-refractivity contribution >= 4 is 12.1 Å². The van der Waals surface area contributed by atoms with Gasteiger partial charge in [-0.2, -0.15) is 0 Å². The maximum absolute atomic E-state index is 10.9. The number of amides is 1. The molecular formula is C7H13NO4. The fourth-order valence-corrected chi connectivity index (χ4v) is 0.459. The van der Waals surface area contributed by atoms with Crippen molar-refractivity contribution in [2.45, 2.75) is 26.4 Å². The fraction of sp³-hybridized carbons (Fsp3) is 0.714. The Kier molecular flexibility index (Phi) is 2.90. The second kappa shape index (κ2) is 3.94. The number of carbonyl (C=O) groups is 2. The van der Waals surface area contributed by atoms with Gasteiger partial charge in [-0.05, 0) is 20.8 Å². The first-order valence-electron chi connectivity index (χ1n) is 3.89. The number of aliphatic carboxylic acids is 1. The van der Waals surface area contributed by atoms with Crippen LogP contribution in [0.2, 0.25) is 0 Å². The lowest BCUT2D eigenvalue weighted by molar-refractivity contribution is -0.136. The first kappa shape index (κ1) is 8.83. The van der Waals surface area contributed by atoms with Gasteiger partial charge in [-0.15, -0.1) is 0 Å². The molecule has 2 N–H and O–H groups in total. The Bertz CT molecular complexity index is 199. The van der Waals surface area contributed by atoms with E-state index in [1.807, 2.05) is 0 Å². The van der Waals surface area contributed by atoms with Gasteiger partial charge in [0.05, 0.1) is 0 Å². The van der Waals surface area contributed by atoms with Crippen LogP contribution in [0, 0.1) is 0 Å². The maximum atomic E-state index is 10.9. The Morgan fingerprint density at radius 2 is 2.17 bits per heavy atom. The van der Waals surface area contributed by atoms with Crippen LogP contribution in [0.5, 0.6) is 0 Å². The van der Waals surface area contributed by atoms with E-state index in [9.17, 15) is 9.59 Å². The molecule has 0 aliphatic rings. The predicted molar refractivity (Wildman–Crippen MR) is 41.9 cm³/mol. The molecule has 5 heteroatoms. The molecule has 0 saturated carbocycles. The van der Waals surface area contributed by atoms with Crippen molar-refractivity contribution in [2.24, 2.45) is 0 Å². The molecule has 0 aliphatic heterocycles. The molecule has 5 nitrogen and oxygen atoms in total. The van der Waals surface area contributed by atoms with Crippen molar-refractivity contribution in [3.63, 3.8) is 0 Å². The molecule has 0 radical (unpaired) electrons. The average molecular weight is 176 g/mol. The number of carboxylic acids is 1. The highest BCUT2D eigenvalue weighted by Crippen LogP contribution is 2.05. The highest BCUT2D eigenvalue weighted by atomic mass is 16.6. The zero-order chi connectivity index (χ0) is 10.5. The van der Waals surface area contributed by atoms with Gasteiger partial charge >= 0.3 is 12.1 Å². The Hall–Kier alpha value is -1.26. The van der Waals surface area contributed by atoms with Gasteiger partial charge in [-0.3, -0.25) is 4.79 Å². The third-order valence-corrected chi connectivity index (χ3v) is 0.776. The van der Waals surface area contributed by atoms with E-state index >= 15 is 0 Å². The number of nitrogens with one attached hydrogen (secondary N) is 1. The van der Waals surface area contributed by atoms with Gasteiger partial charge in [-0.1, -0.05) is 0 Å². The summed E-state index contributed by atoms with van der Waals surface area (Å²) in [5.41, 5.74) is -0.602. The normalized spacial score (nSPS) is 11.4. The second-order valence-corrected chi connectivity index (χ2v) is 3.23. The van der Waals surface area contributed by atoms with Crippen molar-refractivity contribution in [1.82, 2.24) is 5.32 Å². The van der Waals surface area contributed by atoms with Crippen molar-refractivity contribution in [3.8, 4) is 0 Å². The molecule has 1 amide bonds. The Morgan fingerprint density at radius 1 is 1.58 bits per heavy atom. The predicted octanol–water partition coefficient (Wildman–Crippen LogP) is 0.596. The minimum absolute atomic E-state index is 0.363. The summed E-state index contributed by atoms with van der Waals surface area (Å²) in [5.74, 6) is -0.842. The van der Waals surface area contributed by atoms with Gasteiger partial charge in [0, 0.05) is 0 Å². The lowest BCUT2D eigenvalue weighted by Crippen LogP contribution is -2.35. The molecule has 0 rings (SSSR count). The summed E-state index contributed by atoms with van der Waals surface area (Å²) >= 11 is 0. The van der Waals surface area contributed by atoms with Crippen LogP contribution < -0.4 is 5.32 Å². The summed E-state index contributed by atoms with van der Waals surface area (Å²) in [6, 6.07) is 0. The van der Waals surface area contributed by atoms with Crippen LogP contribution in [0.3, 0.4) is 0 Å². The standard InChI is InChI=1S/C7H13NO4/c1-7(2,3)12-6(11)8-4-5(9)10/h4H2,1-3H3,(H,8,11)(H,9,10)/i/hD. The minimum Gasteiger partial charge on any atom is -0.480 e. The third-order valence-electron chi connectivity index (χ3n) is 0.776. The Balaban J connectivity index is 3.71. The van der Waals surface area contributed by atoms with E-state index in [1.165, 1.54) is 0 Å². The first-order chi connectivity index (χ1) is 5.85. The summed E-state index contributed by atoms with van der Waals surface area (Å²) in [4.78, 5) is 21.3. The zero-order valence-electron chi connectivity index (χ0n) is 8.34. The SMILES string of the molecule is [2H]OC(=O)CNC(=O)OC(C)(C)C. The molecule has 0 aromatic rings. The summed E-state index contributed by atoms with van der Waals surface area (Å²) < 4.78 is 11.0. The number of hydrogen-bond donors (Lipinski definition) is 2. The van der Waals surface area contributed by atoms with Crippen LogP contribution in [-0.4, -0.2) is 29.3 Å². The summed E-state index contributed by atoms with van der Waals surface area (Å²) in [7, 11) is 0. The number of carboxylic acid groups (broad SMARTS) is 1. The number of hydrogen-bond acceptors (Lipinski definition) is 4. The van der Waals surface area contributed by atoms with Gasteiger partial charge < -0.3 is 15.2 Å². The summed E-state index contributed by atoms with van der Waals surface area (Å²) in [5, 5.41) is 5.71. The molecule has 0 atom stereocenters. The third kappa shape index (κ3) is 6.85. The van der Waals surface area contributed by atoms with E-state index in [1.54, 1.807) is 20.8 Å². The van der Waals surface area contributed by atoms with Crippen molar-refractivity contribution < 1.29 is 19.4 Å². The molecule has 0 spiro atoms. The Labute approximate surface area is 72.2 Å². The van der Waals surface area contributed by atoms with Gasteiger partial charge in [0.25, 0.3) is 1.43 Å². The van der Waals surface area contributed by atoms with Crippen LogP contribution >= 0.6 is 0 Å². The lowest BCUT2D eigenvalue weighted by atomic mass is 10.2. The molecule has 0 aliphatic carbocycles. The lowest BCUT2D eigenvalue weighted by Gasteiger charge is -2.19. The molecule has 0 saturated heterocycles. The van der Waals surface area contributed by atoms with E-state index in [4.69, 9.17) is 6.17 Å². The van der Waals surface area contributed by atoms with Crippen LogP contribution in [0.1, 0.15) is 20.8 Å². The van der Waals surface area contributed by atoms with E-state index in [2.05, 4.69) is 10.4 Å². The molecule has 0 fully saturated rings.